The van der Waals surface area contributed by atoms with Gasteiger partial charge in [0.15, 0.2) is 0 Å². The third kappa shape index (κ3) is 2.72. The lowest BCUT2D eigenvalue weighted by atomic mass is 10.1. The van der Waals surface area contributed by atoms with E-state index >= 15 is 0 Å². The highest BCUT2D eigenvalue weighted by Crippen LogP contribution is 2.15. The number of hydrogen-bond acceptors (Lipinski definition) is 2. The second-order valence-corrected chi connectivity index (χ2v) is 4.78. The molecule has 1 aromatic heterocycles. The molecular formula is C17H17N3. The topological polar surface area (TPSA) is 29.9 Å². The molecule has 0 atom stereocenters. The van der Waals surface area contributed by atoms with Gasteiger partial charge in [0.1, 0.15) is 0 Å². The third-order valence-electron chi connectivity index (χ3n) is 3.38. The van der Waals surface area contributed by atoms with Crippen molar-refractivity contribution in [3.8, 4) is 5.69 Å². The summed E-state index contributed by atoms with van der Waals surface area (Å²) in [6, 6.07) is 18.6. The minimum Gasteiger partial charge on any atom is -0.381 e. The van der Waals surface area contributed by atoms with E-state index in [1.54, 1.807) is 6.20 Å². The molecule has 0 radical (unpaired) electrons. The first-order chi connectivity index (χ1) is 9.83. The van der Waals surface area contributed by atoms with E-state index in [9.17, 15) is 0 Å². The number of aryl methyl sites for hydroxylation is 1. The highest BCUT2D eigenvalue weighted by Gasteiger charge is 1.99. The van der Waals surface area contributed by atoms with Crippen molar-refractivity contribution in [3.63, 3.8) is 0 Å². The monoisotopic (exact) mass is 263 g/mol. The summed E-state index contributed by atoms with van der Waals surface area (Å²) >= 11 is 0. The van der Waals surface area contributed by atoms with Crippen LogP contribution in [0.2, 0.25) is 0 Å². The Morgan fingerprint density at radius 3 is 2.50 bits per heavy atom. The summed E-state index contributed by atoms with van der Waals surface area (Å²) in [7, 11) is 0. The van der Waals surface area contributed by atoms with Crippen LogP contribution in [0.3, 0.4) is 0 Å². The molecule has 0 unspecified atom stereocenters. The average molecular weight is 263 g/mol. The van der Waals surface area contributed by atoms with Crippen molar-refractivity contribution >= 4 is 5.69 Å². The van der Waals surface area contributed by atoms with Gasteiger partial charge in [0.2, 0.25) is 0 Å². The van der Waals surface area contributed by atoms with E-state index in [2.05, 4.69) is 65.9 Å². The van der Waals surface area contributed by atoms with Crippen LogP contribution in [0, 0.1) is 6.92 Å². The van der Waals surface area contributed by atoms with E-state index in [-0.39, 0.29) is 0 Å². The van der Waals surface area contributed by atoms with E-state index in [4.69, 9.17) is 0 Å². The molecule has 0 amide bonds. The van der Waals surface area contributed by atoms with Crippen LogP contribution in [-0.2, 0) is 6.54 Å². The number of nitrogens with one attached hydrogen (secondary N) is 1. The summed E-state index contributed by atoms with van der Waals surface area (Å²) in [4.78, 5) is 0. The standard InChI is InChI=1S/C17H17N3/c1-14-5-2-3-6-15(14)13-18-16-7-9-17(10-8-16)20-12-4-11-19-20/h2-12,18H,13H2,1H3. The Morgan fingerprint density at radius 1 is 1.00 bits per heavy atom. The first-order valence-corrected chi connectivity index (χ1v) is 6.71. The molecule has 0 aliphatic rings. The highest BCUT2D eigenvalue weighted by molar-refractivity contribution is 5.49. The van der Waals surface area contributed by atoms with E-state index in [0.29, 0.717) is 0 Å². The predicted molar refractivity (Wildman–Crippen MR) is 82.1 cm³/mol. The summed E-state index contributed by atoms with van der Waals surface area (Å²) in [6.07, 6.45) is 3.72. The number of nitrogens with zero attached hydrogens (tertiary/aromatic N) is 2. The summed E-state index contributed by atoms with van der Waals surface area (Å²) in [5.41, 5.74) is 4.82. The molecule has 0 saturated heterocycles. The largest absolute Gasteiger partial charge is 0.381 e. The molecular weight excluding hydrogens is 246 g/mol. The van der Waals surface area contributed by atoms with Crippen LogP contribution in [0.4, 0.5) is 5.69 Å². The van der Waals surface area contributed by atoms with Crippen LogP contribution >= 0.6 is 0 Å². The van der Waals surface area contributed by atoms with Crippen LogP contribution in [0.1, 0.15) is 11.1 Å². The van der Waals surface area contributed by atoms with E-state index in [1.807, 2.05) is 16.9 Å². The number of rotatable bonds is 4. The van der Waals surface area contributed by atoms with Crippen molar-refractivity contribution in [2.24, 2.45) is 0 Å². The fourth-order valence-electron chi connectivity index (χ4n) is 2.16. The Labute approximate surface area is 118 Å². The lowest BCUT2D eigenvalue weighted by Crippen LogP contribution is -2.01. The summed E-state index contributed by atoms with van der Waals surface area (Å²) in [5.74, 6) is 0. The molecule has 3 nitrogen and oxygen atoms in total. The highest BCUT2D eigenvalue weighted by atomic mass is 15.3. The van der Waals surface area contributed by atoms with Crippen molar-refractivity contribution in [3.05, 3.63) is 78.1 Å². The predicted octanol–water partition coefficient (Wildman–Crippen LogP) is 3.79. The Balaban J connectivity index is 1.68. The molecule has 0 spiro atoms. The minimum absolute atomic E-state index is 0.841. The molecule has 20 heavy (non-hydrogen) atoms. The van der Waals surface area contributed by atoms with Crippen molar-refractivity contribution in [2.75, 3.05) is 5.32 Å². The summed E-state index contributed by atoms with van der Waals surface area (Å²) < 4.78 is 1.85. The Hall–Kier alpha value is -2.55. The van der Waals surface area contributed by atoms with Crippen LogP contribution in [-0.4, -0.2) is 9.78 Å². The lowest BCUT2D eigenvalue weighted by Gasteiger charge is -2.09. The van der Waals surface area contributed by atoms with Crippen LogP contribution in [0.25, 0.3) is 5.69 Å². The van der Waals surface area contributed by atoms with Gasteiger partial charge in [0.25, 0.3) is 0 Å². The van der Waals surface area contributed by atoms with Gasteiger partial charge in [-0.3, -0.25) is 0 Å². The van der Waals surface area contributed by atoms with Crippen LogP contribution < -0.4 is 5.32 Å². The Kier molecular flexibility index (Phi) is 3.50. The molecule has 2 aromatic carbocycles. The molecule has 0 bridgehead atoms. The van der Waals surface area contributed by atoms with Gasteiger partial charge >= 0.3 is 0 Å². The van der Waals surface area contributed by atoms with Crippen molar-refractivity contribution in [2.45, 2.75) is 13.5 Å². The molecule has 3 aromatic rings. The molecule has 0 aliphatic heterocycles. The van der Waals surface area contributed by atoms with E-state index in [0.717, 1.165) is 17.9 Å². The van der Waals surface area contributed by atoms with Crippen LogP contribution in [0.5, 0.6) is 0 Å². The molecule has 3 heteroatoms. The second kappa shape index (κ2) is 5.61. The van der Waals surface area contributed by atoms with Gasteiger partial charge in [-0.15, -0.1) is 0 Å². The zero-order valence-electron chi connectivity index (χ0n) is 11.5. The number of aromatic nitrogens is 2. The van der Waals surface area contributed by atoms with Gasteiger partial charge in [-0.1, -0.05) is 24.3 Å². The smallest absolute Gasteiger partial charge is 0.0647 e. The van der Waals surface area contributed by atoms with E-state index < -0.39 is 0 Å². The third-order valence-corrected chi connectivity index (χ3v) is 3.38. The molecule has 1 heterocycles. The number of anilines is 1. The maximum absolute atomic E-state index is 4.22. The SMILES string of the molecule is Cc1ccccc1CNc1ccc(-n2cccn2)cc1. The van der Waals surface area contributed by atoms with Crippen molar-refractivity contribution in [1.29, 1.82) is 0 Å². The van der Waals surface area contributed by atoms with E-state index in [1.165, 1.54) is 11.1 Å². The van der Waals surface area contributed by atoms with Crippen molar-refractivity contribution in [1.82, 2.24) is 9.78 Å². The Morgan fingerprint density at radius 2 is 1.80 bits per heavy atom. The quantitative estimate of drug-likeness (QED) is 0.776. The van der Waals surface area contributed by atoms with Crippen LogP contribution in [0.15, 0.2) is 67.0 Å². The van der Waals surface area contributed by atoms with Gasteiger partial charge in [-0.25, -0.2) is 4.68 Å². The number of benzene rings is 2. The number of hydrogen-bond donors (Lipinski definition) is 1. The molecule has 100 valence electrons. The molecule has 1 N–H and O–H groups in total. The summed E-state index contributed by atoms with van der Waals surface area (Å²) in [6.45, 7) is 2.98. The van der Waals surface area contributed by atoms with Gasteiger partial charge < -0.3 is 5.32 Å². The fourth-order valence-corrected chi connectivity index (χ4v) is 2.16. The maximum Gasteiger partial charge on any atom is 0.0647 e. The molecule has 3 rings (SSSR count). The van der Waals surface area contributed by atoms with Gasteiger partial charge in [-0.05, 0) is 48.4 Å². The van der Waals surface area contributed by atoms with Gasteiger partial charge in [0, 0.05) is 24.6 Å². The zero-order chi connectivity index (χ0) is 13.8. The first-order valence-electron chi connectivity index (χ1n) is 6.71. The maximum atomic E-state index is 4.22. The van der Waals surface area contributed by atoms with Gasteiger partial charge in [-0.2, -0.15) is 5.10 Å². The molecule has 0 aliphatic carbocycles. The normalized spacial score (nSPS) is 10.4. The lowest BCUT2D eigenvalue weighted by molar-refractivity contribution is 0.880. The first kappa shape index (κ1) is 12.5. The Bertz CT molecular complexity index is 670. The minimum atomic E-state index is 0.841. The second-order valence-electron chi connectivity index (χ2n) is 4.78. The van der Waals surface area contributed by atoms with Gasteiger partial charge in [0.05, 0.1) is 5.69 Å². The average Bonchev–Trinajstić information content (AvgIpc) is 3.01. The zero-order valence-corrected chi connectivity index (χ0v) is 11.5. The summed E-state index contributed by atoms with van der Waals surface area (Å²) in [5, 5.41) is 7.66. The molecule has 0 fully saturated rings. The van der Waals surface area contributed by atoms with Crippen molar-refractivity contribution < 1.29 is 0 Å². The fraction of sp³-hybridized carbons (Fsp3) is 0.118. The molecule has 0 saturated carbocycles.